The average Bonchev–Trinajstić information content (AvgIpc) is 2.14. The maximum absolute atomic E-state index is 6.07. The predicted molar refractivity (Wildman–Crippen MR) is 64.7 cm³/mol. The summed E-state index contributed by atoms with van der Waals surface area (Å²) in [5.74, 6) is 0.871. The molecule has 0 aromatic heterocycles. The first-order valence-electron chi connectivity index (χ1n) is 5.18. The molecule has 1 aromatic carbocycles. The van der Waals surface area contributed by atoms with E-state index >= 15 is 0 Å². The van der Waals surface area contributed by atoms with Gasteiger partial charge < -0.3 is 10.5 Å². The standard InChI is InChI=1S/C12H18ClNO/c1-8-6-11(7-9(2)12(8)13)15-10(3)4-5-14/h6-7,10H,4-5,14H2,1-3H3. The van der Waals surface area contributed by atoms with Crippen LogP contribution in [0.3, 0.4) is 0 Å². The molecule has 1 unspecified atom stereocenters. The molecular formula is C12H18ClNO. The molecule has 3 heteroatoms. The summed E-state index contributed by atoms with van der Waals surface area (Å²) in [6, 6.07) is 3.92. The largest absolute Gasteiger partial charge is 0.491 e. The second-order valence-electron chi connectivity index (χ2n) is 3.88. The van der Waals surface area contributed by atoms with E-state index < -0.39 is 0 Å². The van der Waals surface area contributed by atoms with Crippen LogP contribution in [0.1, 0.15) is 24.5 Å². The van der Waals surface area contributed by atoms with E-state index in [2.05, 4.69) is 0 Å². The van der Waals surface area contributed by atoms with Gasteiger partial charge in [0, 0.05) is 5.02 Å². The quantitative estimate of drug-likeness (QED) is 0.858. The van der Waals surface area contributed by atoms with Gasteiger partial charge >= 0.3 is 0 Å². The van der Waals surface area contributed by atoms with Gasteiger partial charge in [0.2, 0.25) is 0 Å². The highest BCUT2D eigenvalue weighted by molar-refractivity contribution is 6.32. The number of nitrogens with two attached hydrogens (primary N) is 1. The highest BCUT2D eigenvalue weighted by Gasteiger charge is 2.06. The third-order valence-corrected chi connectivity index (χ3v) is 2.92. The maximum Gasteiger partial charge on any atom is 0.120 e. The van der Waals surface area contributed by atoms with Gasteiger partial charge in [-0.2, -0.15) is 0 Å². The van der Waals surface area contributed by atoms with Crippen LogP contribution in [0.15, 0.2) is 12.1 Å². The van der Waals surface area contributed by atoms with Crippen molar-refractivity contribution < 1.29 is 4.74 Å². The van der Waals surface area contributed by atoms with E-state index in [9.17, 15) is 0 Å². The normalized spacial score (nSPS) is 12.6. The molecule has 0 heterocycles. The minimum Gasteiger partial charge on any atom is -0.491 e. The van der Waals surface area contributed by atoms with E-state index in [0.29, 0.717) is 6.54 Å². The van der Waals surface area contributed by atoms with Gasteiger partial charge in [-0.1, -0.05) is 11.6 Å². The minimum absolute atomic E-state index is 0.148. The van der Waals surface area contributed by atoms with Crippen molar-refractivity contribution in [2.75, 3.05) is 6.54 Å². The van der Waals surface area contributed by atoms with Gasteiger partial charge in [0.05, 0.1) is 6.10 Å². The van der Waals surface area contributed by atoms with Crippen molar-refractivity contribution in [2.45, 2.75) is 33.3 Å². The van der Waals surface area contributed by atoms with Crippen molar-refractivity contribution in [1.82, 2.24) is 0 Å². The van der Waals surface area contributed by atoms with Gasteiger partial charge in [-0.25, -0.2) is 0 Å². The predicted octanol–water partition coefficient (Wildman–Crippen LogP) is 3.07. The van der Waals surface area contributed by atoms with Crippen LogP contribution in [0, 0.1) is 13.8 Å². The van der Waals surface area contributed by atoms with Crippen LogP contribution in [-0.4, -0.2) is 12.6 Å². The second kappa shape index (κ2) is 5.38. The molecule has 0 radical (unpaired) electrons. The molecule has 1 atom stereocenters. The van der Waals surface area contributed by atoms with E-state index in [0.717, 1.165) is 28.3 Å². The molecule has 0 amide bonds. The fraction of sp³-hybridized carbons (Fsp3) is 0.500. The lowest BCUT2D eigenvalue weighted by Gasteiger charge is -2.15. The van der Waals surface area contributed by atoms with Crippen LogP contribution in [0.4, 0.5) is 0 Å². The van der Waals surface area contributed by atoms with Crippen molar-refractivity contribution in [3.05, 3.63) is 28.3 Å². The Bertz CT molecular complexity index is 315. The Hall–Kier alpha value is -0.730. The molecule has 0 aliphatic carbocycles. The summed E-state index contributed by atoms with van der Waals surface area (Å²) in [6.07, 6.45) is 1.01. The Kier molecular flexibility index (Phi) is 4.43. The van der Waals surface area contributed by atoms with Crippen molar-refractivity contribution in [1.29, 1.82) is 0 Å². The van der Waals surface area contributed by atoms with Crippen molar-refractivity contribution in [3.63, 3.8) is 0 Å². The Balaban J connectivity index is 2.78. The van der Waals surface area contributed by atoms with E-state index in [1.54, 1.807) is 0 Å². The average molecular weight is 228 g/mol. The summed E-state index contributed by atoms with van der Waals surface area (Å²) in [7, 11) is 0. The summed E-state index contributed by atoms with van der Waals surface area (Å²) >= 11 is 6.07. The fourth-order valence-corrected chi connectivity index (χ4v) is 1.61. The maximum atomic E-state index is 6.07. The van der Waals surface area contributed by atoms with Gasteiger partial charge in [-0.15, -0.1) is 0 Å². The van der Waals surface area contributed by atoms with E-state index in [-0.39, 0.29) is 6.10 Å². The zero-order chi connectivity index (χ0) is 11.4. The lowest BCUT2D eigenvalue weighted by Crippen LogP contribution is -2.16. The lowest BCUT2D eigenvalue weighted by atomic mass is 10.1. The van der Waals surface area contributed by atoms with E-state index in [1.807, 2.05) is 32.9 Å². The number of halogens is 1. The number of ether oxygens (including phenoxy) is 1. The molecule has 0 aliphatic heterocycles. The van der Waals surface area contributed by atoms with Crippen LogP contribution >= 0.6 is 11.6 Å². The lowest BCUT2D eigenvalue weighted by molar-refractivity contribution is 0.213. The molecule has 0 saturated carbocycles. The van der Waals surface area contributed by atoms with E-state index in [1.165, 1.54) is 0 Å². The van der Waals surface area contributed by atoms with Crippen LogP contribution in [-0.2, 0) is 0 Å². The van der Waals surface area contributed by atoms with E-state index in [4.69, 9.17) is 22.1 Å². The van der Waals surface area contributed by atoms with Crippen LogP contribution < -0.4 is 10.5 Å². The topological polar surface area (TPSA) is 35.2 Å². The highest BCUT2D eigenvalue weighted by atomic mass is 35.5. The molecule has 2 nitrogen and oxygen atoms in total. The third kappa shape index (κ3) is 3.40. The van der Waals surface area contributed by atoms with Crippen molar-refractivity contribution in [3.8, 4) is 5.75 Å². The Morgan fingerprint density at radius 1 is 1.33 bits per heavy atom. The van der Waals surface area contributed by atoms with Gasteiger partial charge in [-0.05, 0) is 57.0 Å². The zero-order valence-corrected chi connectivity index (χ0v) is 10.3. The summed E-state index contributed by atoms with van der Waals surface area (Å²) < 4.78 is 5.73. The number of rotatable bonds is 4. The summed E-state index contributed by atoms with van der Waals surface area (Å²) in [4.78, 5) is 0. The van der Waals surface area contributed by atoms with Gasteiger partial charge in [0.1, 0.15) is 5.75 Å². The van der Waals surface area contributed by atoms with Crippen LogP contribution in [0.25, 0.3) is 0 Å². The molecule has 0 saturated heterocycles. The molecule has 15 heavy (non-hydrogen) atoms. The monoisotopic (exact) mass is 227 g/mol. The molecule has 2 N–H and O–H groups in total. The summed E-state index contributed by atoms with van der Waals surface area (Å²) in [5.41, 5.74) is 7.56. The highest BCUT2D eigenvalue weighted by Crippen LogP contribution is 2.26. The number of hydrogen-bond acceptors (Lipinski definition) is 2. The minimum atomic E-state index is 0.148. The first-order valence-corrected chi connectivity index (χ1v) is 5.56. The van der Waals surface area contributed by atoms with Crippen LogP contribution in [0.2, 0.25) is 5.02 Å². The van der Waals surface area contributed by atoms with Gasteiger partial charge in [0.25, 0.3) is 0 Å². The zero-order valence-electron chi connectivity index (χ0n) is 9.51. The number of aryl methyl sites for hydroxylation is 2. The molecule has 1 aromatic rings. The van der Waals surface area contributed by atoms with Crippen LogP contribution in [0.5, 0.6) is 5.75 Å². The van der Waals surface area contributed by atoms with Crippen molar-refractivity contribution >= 4 is 11.6 Å². The SMILES string of the molecule is Cc1cc(OC(C)CCN)cc(C)c1Cl. The number of hydrogen-bond donors (Lipinski definition) is 1. The Morgan fingerprint density at radius 2 is 1.87 bits per heavy atom. The molecule has 0 aliphatic rings. The van der Waals surface area contributed by atoms with Gasteiger partial charge in [-0.3, -0.25) is 0 Å². The summed E-state index contributed by atoms with van der Waals surface area (Å²) in [5, 5.41) is 0.814. The third-order valence-electron chi connectivity index (χ3n) is 2.32. The molecule has 0 fully saturated rings. The first-order chi connectivity index (χ1) is 7.04. The molecule has 84 valence electrons. The van der Waals surface area contributed by atoms with Gasteiger partial charge in [0.15, 0.2) is 0 Å². The molecule has 0 bridgehead atoms. The smallest absolute Gasteiger partial charge is 0.120 e. The van der Waals surface area contributed by atoms with Crippen molar-refractivity contribution in [2.24, 2.45) is 5.73 Å². The Labute approximate surface area is 96.4 Å². The second-order valence-corrected chi connectivity index (χ2v) is 4.25. The summed E-state index contributed by atoms with van der Waals surface area (Å²) in [6.45, 7) is 6.63. The molecule has 0 spiro atoms. The molecular weight excluding hydrogens is 210 g/mol. The fourth-order valence-electron chi connectivity index (χ4n) is 1.50. The first kappa shape index (κ1) is 12.3. The molecule has 1 rings (SSSR count). The Morgan fingerprint density at radius 3 is 2.33 bits per heavy atom. The number of benzene rings is 1.